The molecule has 3 heteroatoms. The van der Waals surface area contributed by atoms with Gasteiger partial charge in [0.2, 0.25) is 0 Å². The zero-order chi connectivity index (χ0) is 11.4. The maximum Gasteiger partial charge on any atom is 0.0902 e. The SMILES string of the molecule is C=C([C@@H](C)O)N1CCC(OC(C)C)CC1. The van der Waals surface area contributed by atoms with Crippen molar-refractivity contribution < 1.29 is 9.84 Å². The van der Waals surface area contributed by atoms with Crippen molar-refractivity contribution in [2.45, 2.75) is 51.9 Å². The van der Waals surface area contributed by atoms with E-state index in [0.29, 0.717) is 12.2 Å². The molecule has 1 atom stereocenters. The van der Waals surface area contributed by atoms with Crippen LogP contribution in [-0.4, -0.2) is 41.4 Å². The van der Waals surface area contributed by atoms with Gasteiger partial charge in [-0.05, 0) is 33.6 Å². The van der Waals surface area contributed by atoms with Crippen molar-refractivity contribution in [3.05, 3.63) is 12.3 Å². The lowest BCUT2D eigenvalue weighted by Crippen LogP contribution is -2.39. The van der Waals surface area contributed by atoms with Crippen molar-refractivity contribution in [2.24, 2.45) is 0 Å². The van der Waals surface area contributed by atoms with Gasteiger partial charge in [-0.2, -0.15) is 0 Å². The van der Waals surface area contributed by atoms with E-state index in [4.69, 9.17) is 4.74 Å². The highest BCUT2D eigenvalue weighted by molar-refractivity contribution is 5.00. The summed E-state index contributed by atoms with van der Waals surface area (Å²) in [6.45, 7) is 11.7. The summed E-state index contributed by atoms with van der Waals surface area (Å²) in [6.07, 6.45) is 2.31. The number of likely N-dealkylation sites (tertiary alicyclic amines) is 1. The van der Waals surface area contributed by atoms with Crippen LogP contribution in [0.5, 0.6) is 0 Å². The lowest BCUT2D eigenvalue weighted by atomic mass is 10.1. The van der Waals surface area contributed by atoms with E-state index in [9.17, 15) is 5.11 Å². The molecule has 88 valence electrons. The minimum absolute atomic E-state index is 0.307. The van der Waals surface area contributed by atoms with E-state index in [1.165, 1.54) is 0 Å². The first-order valence-electron chi connectivity index (χ1n) is 5.78. The summed E-state index contributed by atoms with van der Waals surface area (Å²) in [5.41, 5.74) is 0.831. The van der Waals surface area contributed by atoms with Gasteiger partial charge in [0, 0.05) is 18.8 Å². The molecule has 0 aromatic heterocycles. The van der Waals surface area contributed by atoms with E-state index in [1.807, 2.05) is 0 Å². The minimum Gasteiger partial charge on any atom is -0.387 e. The Bertz CT molecular complexity index is 206. The van der Waals surface area contributed by atoms with Gasteiger partial charge >= 0.3 is 0 Å². The summed E-state index contributed by atoms with van der Waals surface area (Å²) in [5, 5.41) is 9.41. The Hall–Kier alpha value is -0.540. The Labute approximate surface area is 92.7 Å². The molecule has 0 aromatic carbocycles. The first-order valence-corrected chi connectivity index (χ1v) is 5.78. The third kappa shape index (κ3) is 3.84. The highest BCUT2D eigenvalue weighted by Gasteiger charge is 2.22. The number of aliphatic hydroxyl groups excluding tert-OH is 1. The van der Waals surface area contributed by atoms with Crippen molar-refractivity contribution in [2.75, 3.05) is 13.1 Å². The average molecular weight is 213 g/mol. The van der Waals surface area contributed by atoms with Gasteiger partial charge in [-0.3, -0.25) is 0 Å². The van der Waals surface area contributed by atoms with Crippen LogP contribution in [0.15, 0.2) is 12.3 Å². The van der Waals surface area contributed by atoms with Crippen molar-refractivity contribution >= 4 is 0 Å². The van der Waals surface area contributed by atoms with Crippen molar-refractivity contribution in [3.63, 3.8) is 0 Å². The summed E-state index contributed by atoms with van der Waals surface area (Å²) in [6, 6.07) is 0. The molecule has 1 N–H and O–H groups in total. The van der Waals surface area contributed by atoms with Crippen LogP contribution in [0, 0.1) is 0 Å². The quantitative estimate of drug-likeness (QED) is 0.772. The number of hydrogen-bond acceptors (Lipinski definition) is 3. The summed E-state index contributed by atoms with van der Waals surface area (Å²) >= 11 is 0. The summed E-state index contributed by atoms with van der Waals surface area (Å²) in [7, 11) is 0. The molecule has 0 amide bonds. The molecule has 0 radical (unpaired) electrons. The monoisotopic (exact) mass is 213 g/mol. The Morgan fingerprint density at radius 3 is 2.27 bits per heavy atom. The fraction of sp³-hybridized carbons (Fsp3) is 0.833. The number of ether oxygens (including phenoxy) is 1. The van der Waals surface area contributed by atoms with Gasteiger partial charge in [0.05, 0.1) is 18.3 Å². The lowest BCUT2D eigenvalue weighted by molar-refractivity contribution is -0.0247. The van der Waals surface area contributed by atoms with Gasteiger partial charge in [0.25, 0.3) is 0 Å². The molecule has 0 spiro atoms. The van der Waals surface area contributed by atoms with Crippen LogP contribution < -0.4 is 0 Å². The van der Waals surface area contributed by atoms with Gasteiger partial charge in [0.15, 0.2) is 0 Å². The van der Waals surface area contributed by atoms with Gasteiger partial charge < -0.3 is 14.7 Å². The van der Waals surface area contributed by atoms with E-state index in [0.717, 1.165) is 31.6 Å². The largest absolute Gasteiger partial charge is 0.387 e. The number of hydrogen-bond donors (Lipinski definition) is 1. The molecule has 1 aliphatic rings. The molecule has 0 saturated carbocycles. The van der Waals surface area contributed by atoms with Gasteiger partial charge in [-0.25, -0.2) is 0 Å². The van der Waals surface area contributed by atoms with Gasteiger partial charge in [0.1, 0.15) is 0 Å². The minimum atomic E-state index is -0.437. The summed E-state index contributed by atoms with van der Waals surface area (Å²) < 4.78 is 5.76. The Balaban J connectivity index is 2.32. The van der Waals surface area contributed by atoms with E-state index >= 15 is 0 Å². The first kappa shape index (κ1) is 12.5. The van der Waals surface area contributed by atoms with Crippen molar-refractivity contribution in [3.8, 4) is 0 Å². The second-order valence-corrected chi connectivity index (χ2v) is 4.54. The predicted molar refractivity (Wildman–Crippen MR) is 61.6 cm³/mol. The highest BCUT2D eigenvalue weighted by Crippen LogP contribution is 2.19. The zero-order valence-electron chi connectivity index (χ0n) is 10.1. The topological polar surface area (TPSA) is 32.7 Å². The van der Waals surface area contributed by atoms with Gasteiger partial charge in [-0.15, -0.1) is 0 Å². The van der Waals surface area contributed by atoms with Crippen LogP contribution in [0.25, 0.3) is 0 Å². The summed E-state index contributed by atoms with van der Waals surface area (Å²) in [4.78, 5) is 2.16. The highest BCUT2D eigenvalue weighted by atomic mass is 16.5. The molecule has 1 heterocycles. The third-order valence-corrected chi connectivity index (χ3v) is 2.80. The fourth-order valence-electron chi connectivity index (χ4n) is 1.93. The van der Waals surface area contributed by atoms with Crippen LogP contribution in [0.4, 0.5) is 0 Å². The Morgan fingerprint density at radius 1 is 1.33 bits per heavy atom. The molecule has 15 heavy (non-hydrogen) atoms. The molecule has 0 unspecified atom stereocenters. The number of nitrogens with zero attached hydrogens (tertiary/aromatic N) is 1. The lowest BCUT2D eigenvalue weighted by Gasteiger charge is -2.36. The van der Waals surface area contributed by atoms with Crippen molar-refractivity contribution in [1.82, 2.24) is 4.90 Å². The van der Waals surface area contributed by atoms with Crippen LogP contribution >= 0.6 is 0 Å². The second-order valence-electron chi connectivity index (χ2n) is 4.54. The van der Waals surface area contributed by atoms with Crippen LogP contribution in [0.1, 0.15) is 33.6 Å². The normalized spacial score (nSPS) is 20.7. The van der Waals surface area contributed by atoms with Crippen LogP contribution in [0.3, 0.4) is 0 Å². The standard InChI is InChI=1S/C12H23NO2/c1-9(2)15-12-5-7-13(8-6-12)10(3)11(4)14/h9,11-12,14H,3,5-8H2,1-2,4H3/t11-/m1/s1. The Morgan fingerprint density at radius 2 is 1.87 bits per heavy atom. The smallest absolute Gasteiger partial charge is 0.0902 e. The zero-order valence-corrected chi connectivity index (χ0v) is 10.1. The van der Waals surface area contributed by atoms with Crippen LogP contribution in [-0.2, 0) is 4.74 Å². The number of aliphatic hydroxyl groups is 1. The molecule has 1 fully saturated rings. The maximum absolute atomic E-state index is 9.41. The van der Waals surface area contributed by atoms with E-state index in [-0.39, 0.29) is 0 Å². The molecule has 3 nitrogen and oxygen atoms in total. The molecule has 0 bridgehead atoms. The van der Waals surface area contributed by atoms with Crippen LogP contribution in [0.2, 0.25) is 0 Å². The third-order valence-electron chi connectivity index (χ3n) is 2.80. The molecule has 0 aromatic rings. The molecule has 1 saturated heterocycles. The first-order chi connectivity index (χ1) is 7.00. The molecular formula is C12H23NO2. The van der Waals surface area contributed by atoms with E-state index < -0.39 is 6.10 Å². The van der Waals surface area contributed by atoms with E-state index in [1.54, 1.807) is 6.92 Å². The molecule has 0 aliphatic carbocycles. The number of piperidine rings is 1. The van der Waals surface area contributed by atoms with Gasteiger partial charge in [-0.1, -0.05) is 6.58 Å². The fourth-order valence-corrected chi connectivity index (χ4v) is 1.93. The van der Waals surface area contributed by atoms with Crippen molar-refractivity contribution in [1.29, 1.82) is 0 Å². The van der Waals surface area contributed by atoms with E-state index in [2.05, 4.69) is 25.3 Å². The summed E-state index contributed by atoms with van der Waals surface area (Å²) in [5.74, 6) is 0. The predicted octanol–water partition coefficient (Wildman–Crippen LogP) is 1.77. The molecule has 1 rings (SSSR count). The maximum atomic E-state index is 9.41. The molecule has 1 aliphatic heterocycles. The number of rotatable bonds is 4. The average Bonchev–Trinajstić information content (AvgIpc) is 2.17. The Kier molecular flexibility index (Phi) is 4.61. The second kappa shape index (κ2) is 5.52. The molecular weight excluding hydrogens is 190 g/mol.